The van der Waals surface area contributed by atoms with Crippen molar-refractivity contribution in [2.75, 3.05) is 5.32 Å². The molecule has 3 rings (SSSR count). The van der Waals surface area contributed by atoms with E-state index in [1.165, 1.54) is 0 Å². The van der Waals surface area contributed by atoms with Crippen molar-refractivity contribution in [3.63, 3.8) is 0 Å². The largest absolute Gasteiger partial charge is 0.324 e. The summed E-state index contributed by atoms with van der Waals surface area (Å²) in [4.78, 5) is 11.7. The predicted octanol–water partition coefficient (Wildman–Crippen LogP) is 2.98. The summed E-state index contributed by atoms with van der Waals surface area (Å²) >= 11 is 11.9. The lowest BCUT2D eigenvalue weighted by molar-refractivity contribution is -0.117. The minimum absolute atomic E-state index is 0.0664. The van der Waals surface area contributed by atoms with Gasteiger partial charge in [0.25, 0.3) is 0 Å². The minimum atomic E-state index is -0.302. The fourth-order valence-electron chi connectivity index (χ4n) is 2.05. The molecule has 0 radical (unpaired) electrons. The zero-order chi connectivity index (χ0) is 9.92. The monoisotopic (exact) mass is 227 g/mol. The van der Waals surface area contributed by atoms with Crippen molar-refractivity contribution in [2.45, 2.75) is 18.3 Å². The van der Waals surface area contributed by atoms with Gasteiger partial charge in [-0.25, -0.2) is 0 Å². The Morgan fingerprint density at radius 2 is 2.00 bits per heavy atom. The molecule has 1 fully saturated rings. The molecule has 1 aliphatic carbocycles. The van der Waals surface area contributed by atoms with Crippen molar-refractivity contribution in [3.8, 4) is 0 Å². The molecular weight excluding hydrogens is 221 g/mol. The molecule has 4 heteroatoms. The lowest BCUT2D eigenvalue weighted by Crippen LogP contribution is -2.18. The summed E-state index contributed by atoms with van der Waals surface area (Å²) in [5, 5.41) is 3.94. The predicted molar refractivity (Wildman–Crippen MR) is 56.0 cm³/mol. The average Bonchev–Trinajstić information content (AvgIpc) is 2.84. The first kappa shape index (κ1) is 8.57. The van der Waals surface area contributed by atoms with Gasteiger partial charge in [0.2, 0.25) is 5.91 Å². The fourth-order valence-corrected chi connectivity index (χ4v) is 2.60. The fraction of sp³-hybridized carbons (Fsp3) is 0.300. The number of carbonyl (C=O) groups is 1. The lowest BCUT2D eigenvalue weighted by atomic mass is 9.98. The first-order valence-electron chi connectivity index (χ1n) is 4.44. The number of nitrogens with one attached hydrogen (secondary N) is 1. The Kier molecular flexibility index (Phi) is 1.49. The van der Waals surface area contributed by atoms with Gasteiger partial charge in [0.1, 0.15) is 0 Å². The first-order valence-corrected chi connectivity index (χ1v) is 5.20. The number of benzene rings is 1. The zero-order valence-electron chi connectivity index (χ0n) is 7.23. The van der Waals surface area contributed by atoms with E-state index in [-0.39, 0.29) is 11.3 Å². The molecule has 2 nitrogen and oxygen atoms in total. The summed E-state index contributed by atoms with van der Waals surface area (Å²) in [6, 6.07) is 3.50. The van der Waals surface area contributed by atoms with Gasteiger partial charge in [-0.1, -0.05) is 23.2 Å². The van der Waals surface area contributed by atoms with E-state index < -0.39 is 0 Å². The second-order valence-electron chi connectivity index (χ2n) is 3.85. The van der Waals surface area contributed by atoms with Gasteiger partial charge >= 0.3 is 0 Å². The molecule has 72 valence electrons. The zero-order valence-corrected chi connectivity index (χ0v) is 8.74. The van der Waals surface area contributed by atoms with Crippen LogP contribution in [0.2, 0.25) is 10.0 Å². The topological polar surface area (TPSA) is 29.1 Å². The highest BCUT2D eigenvalue weighted by molar-refractivity contribution is 6.38. The van der Waals surface area contributed by atoms with E-state index in [0.29, 0.717) is 10.0 Å². The van der Waals surface area contributed by atoms with Crippen LogP contribution in [0.4, 0.5) is 5.69 Å². The molecule has 0 unspecified atom stereocenters. The van der Waals surface area contributed by atoms with Crippen LogP contribution in [0.1, 0.15) is 18.4 Å². The Morgan fingerprint density at radius 1 is 1.29 bits per heavy atom. The van der Waals surface area contributed by atoms with Crippen molar-refractivity contribution in [1.82, 2.24) is 0 Å². The molecule has 1 aromatic rings. The Morgan fingerprint density at radius 3 is 2.64 bits per heavy atom. The third kappa shape index (κ3) is 0.904. The Bertz CT molecular complexity index is 452. The van der Waals surface area contributed by atoms with E-state index in [4.69, 9.17) is 23.2 Å². The smallest absolute Gasteiger partial charge is 0.235 e. The summed E-state index contributed by atoms with van der Waals surface area (Å²) in [6.45, 7) is 0. The summed E-state index contributed by atoms with van der Waals surface area (Å²) in [7, 11) is 0. The van der Waals surface area contributed by atoms with Crippen LogP contribution in [0, 0.1) is 0 Å². The molecule has 1 heterocycles. The first-order chi connectivity index (χ1) is 6.63. The highest BCUT2D eigenvalue weighted by atomic mass is 35.5. The van der Waals surface area contributed by atoms with E-state index in [1.807, 2.05) is 6.07 Å². The number of rotatable bonds is 0. The molecule has 1 spiro atoms. The standard InChI is InChI=1S/C10H7Cl2NO/c11-5-3-6-8(7(12)4-5)13-9(14)10(6)1-2-10/h3-4H,1-2H2,(H,13,14). The van der Waals surface area contributed by atoms with Crippen molar-refractivity contribution in [1.29, 1.82) is 0 Å². The third-order valence-corrected chi connectivity index (χ3v) is 3.51. The highest BCUT2D eigenvalue weighted by Gasteiger charge is 2.56. The van der Waals surface area contributed by atoms with Crippen LogP contribution >= 0.6 is 23.2 Å². The van der Waals surface area contributed by atoms with Crippen molar-refractivity contribution >= 4 is 34.8 Å². The van der Waals surface area contributed by atoms with E-state index >= 15 is 0 Å². The molecule has 1 saturated carbocycles. The summed E-state index contributed by atoms with van der Waals surface area (Å²) in [6.07, 6.45) is 1.81. The Balaban J connectivity index is 2.28. The maximum absolute atomic E-state index is 11.7. The van der Waals surface area contributed by atoms with Crippen LogP contribution in [-0.4, -0.2) is 5.91 Å². The molecule has 0 atom stereocenters. The van der Waals surface area contributed by atoms with Crippen LogP contribution in [0.5, 0.6) is 0 Å². The van der Waals surface area contributed by atoms with Gasteiger partial charge in [0.05, 0.1) is 16.1 Å². The van der Waals surface area contributed by atoms with Crippen LogP contribution in [0.3, 0.4) is 0 Å². The number of hydrogen-bond donors (Lipinski definition) is 1. The number of hydrogen-bond acceptors (Lipinski definition) is 1. The molecule has 0 bridgehead atoms. The van der Waals surface area contributed by atoms with Gasteiger partial charge < -0.3 is 5.32 Å². The molecule has 0 aromatic heterocycles. The molecule has 14 heavy (non-hydrogen) atoms. The molecule has 0 saturated heterocycles. The van der Waals surface area contributed by atoms with Gasteiger partial charge in [0.15, 0.2) is 0 Å². The maximum atomic E-state index is 11.7. The van der Waals surface area contributed by atoms with Crippen LogP contribution in [0.25, 0.3) is 0 Å². The summed E-state index contributed by atoms with van der Waals surface area (Å²) in [5.41, 5.74) is 1.42. The molecular formula is C10H7Cl2NO. The van der Waals surface area contributed by atoms with E-state index in [2.05, 4.69) is 5.32 Å². The number of carbonyl (C=O) groups excluding carboxylic acids is 1. The average molecular weight is 228 g/mol. The normalized spacial score (nSPS) is 20.9. The van der Waals surface area contributed by atoms with Gasteiger partial charge in [-0.3, -0.25) is 4.79 Å². The lowest BCUT2D eigenvalue weighted by Gasteiger charge is -2.05. The maximum Gasteiger partial charge on any atom is 0.235 e. The second kappa shape index (κ2) is 2.44. The van der Waals surface area contributed by atoms with Gasteiger partial charge in [-0.05, 0) is 30.5 Å². The Labute approximate surface area is 91.2 Å². The number of amides is 1. The quantitative estimate of drug-likeness (QED) is 0.726. The minimum Gasteiger partial charge on any atom is -0.324 e. The molecule has 1 aliphatic heterocycles. The van der Waals surface area contributed by atoms with E-state index in [9.17, 15) is 4.79 Å². The van der Waals surface area contributed by atoms with Crippen molar-refractivity contribution in [2.24, 2.45) is 0 Å². The van der Waals surface area contributed by atoms with Gasteiger partial charge in [0, 0.05) is 5.02 Å². The highest BCUT2D eigenvalue weighted by Crippen LogP contribution is 2.57. The number of fused-ring (bicyclic) bond motifs is 2. The van der Waals surface area contributed by atoms with E-state index in [0.717, 1.165) is 24.1 Å². The molecule has 1 aromatic carbocycles. The third-order valence-electron chi connectivity index (χ3n) is 2.99. The summed E-state index contributed by atoms with van der Waals surface area (Å²) < 4.78 is 0. The number of anilines is 1. The Hall–Kier alpha value is -0.730. The SMILES string of the molecule is O=C1Nc2c(Cl)cc(Cl)cc2C12CC2. The molecule has 1 N–H and O–H groups in total. The van der Waals surface area contributed by atoms with E-state index in [1.54, 1.807) is 6.07 Å². The van der Waals surface area contributed by atoms with Crippen molar-refractivity contribution < 1.29 is 4.79 Å². The van der Waals surface area contributed by atoms with Gasteiger partial charge in [-0.2, -0.15) is 0 Å². The second-order valence-corrected chi connectivity index (χ2v) is 4.69. The van der Waals surface area contributed by atoms with Crippen LogP contribution in [0.15, 0.2) is 12.1 Å². The number of halogens is 2. The van der Waals surface area contributed by atoms with Crippen LogP contribution < -0.4 is 5.32 Å². The molecule has 2 aliphatic rings. The van der Waals surface area contributed by atoms with Gasteiger partial charge in [-0.15, -0.1) is 0 Å². The van der Waals surface area contributed by atoms with Crippen LogP contribution in [-0.2, 0) is 10.2 Å². The molecule has 1 amide bonds. The van der Waals surface area contributed by atoms with Crippen molar-refractivity contribution in [3.05, 3.63) is 27.7 Å². The summed E-state index contributed by atoms with van der Waals surface area (Å²) in [5.74, 6) is 0.0664.